The van der Waals surface area contributed by atoms with E-state index < -0.39 is 14.0 Å². The fourth-order valence-corrected chi connectivity index (χ4v) is 3.42. The van der Waals surface area contributed by atoms with Gasteiger partial charge in [0.25, 0.3) is 0 Å². The summed E-state index contributed by atoms with van der Waals surface area (Å²) >= 11 is 1.58. The van der Waals surface area contributed by atoms with Crippen LogP contribution in [0.15, 0.2) is 0 Å². The van der Waals surface area contributed by atoms with E-state index in [0.717, 1.165) is 12.8 Å². The normalized spacial score (nSPS) is 13.4. The number of rotatable bonds is 17. The molecule has 1 unspecified atom stereocenters. The average Bonchev–Trinajstić information content (AvgIpc) is 2.50. The van der Waals surface area contributed by atoms with E-state index in [9.17, 15) is 8.42 Å². The Morgan fingerprint density at radius 2 is 1.00 bits per heavy atom. The first-order valence-electron chi connectivity index (χ1n) is 9.94. The molecule has 1 N–H and O–H groups in total. The van der Waals surface area contributed by atoms with Crippen LogP contribution in [0.3, 0.4) is 0 Å². The molecule has 23 heavy (non-hydrogen) atoms. The third-order valence-electron chi connectivity index (χ3n) is 4.72. The van der Waals surface area contributed by atoms with Crippen LogP contribution in [0, 0.1) is 0 Å². The zero-order chi connectivity index (χ0) is 17.4. The molecule has 0 amide bonds. The van der Waals surface area contributed by atoms with Gasteiger partial charge >= 0.3 is 115 Å². The molecular formula is C18H37LiO3S. The summed E-state index contributed by atoms with van der Waals surface area (Å²) in [6.45, 7) is 2.26. The van der Waals surface area contributed by atoms with Crippen LogP contribution in [0.25, 0.3) is 0 Å². The summed E-state index contributed by atoms with van der Waals surface area (Å²) in [5, 5.41) is 0. The number of hydrogen-bond acceptors (Lipinski definition) is 2. The molecule has 0 aliphatic heterocycles. The molecule has 0 aromatic carbocycles. The van der Waals surface area contributed by atoms with Gasteiger partial charge in [0.15, 0.2) is 0 Å². The third-order valence-corrected chi connectivity index (χ3v) is 5.98. The van der Waals surface area contributed by atoms with Gasteiger partial charge in [-0.05, 0) is 0 Å². The van der Waals surface area contributed by atoms with E-state index in [0.29, 0.717) is 6.42 Å². The van der Waals surface area contributed by atoms with Gasteiger partial charge < -0.3 is 0 Å². The standard InChI is InChI=1S/C18H37O3S.Li/c1-2-3-4-5-6-7-8-9-10-11-12-13-14-15-16-17-18-22(19,20)21;/h18H,2-17H2,1H3,(H,19,20,21);. The number of hydrogen-bond donors (Lipinski definition) is 1. The Balaban J connectivity index is 3.14. The van der Waals surface area contributed by atoms with Gasteiger partial charge in [-0.1, -0.05) is 39.0 Å². The van der Waals surface area contributed by atoms with Gasteiger partial charge in [-0.2, -0.15) is 0 Å². The first-order valence-corrected chi connectivity index (χ1v) is 11.4. The summed E-state index contributed by atoms with van der Waals surface area (Å²) in [7, 11) is -3.82. The van der Waals surface area contributed by atoms with Gasteiger partial charge in [-0.3, -0.25) is 0 Å². The molecule has 1 atom stereocenters. The Kier molecular flexibility index (Phi) is 16.4. The van der Waals surface area contributed by atoms with Gasteiger partial charge in [-0.25, -0.2) is 0 Å². The van der Waals surface area contributed by atoms with Crippen LogP contribution in [0.2, 0.25) is 0 Å². The van der Waals surface area contributed by atoms with Crippen molar-refractivity contribution in [3.8, 4) is 0 Å². The van der Waals surface area contributed by atoms with E-state index in [1.165, 1.54) is 83.5 Å². The van der Waals surface area contributed by atoms with E-state index in [2.05, 4.69) is 6.92 Å². The summed E-state index contributed by atoms with van der Waals surface area (Å²) in [6.07, 6.45) is 20.2. The zero-order valence-electron chi connectivity index (χ0n) is 15.6. The zero-order valence-corrected chi connectivity index (χ0v) is 16.4. The Bertz CT molecular complexity index is 344. The first-order chi connectivity index (χ1) is 11.0. The SMILES string of the molecule is [Li][CH](CCCCCCCCCCCCCCCCC)S(=O)(=O)O. The fourth-order valence-electron chi connectivity index (χ4n) is 2.95. The quantitative estimate of drug-likeness (QED) is 0.212. The molecule has 0 aromatic heterocycles. The molecule has 0 aliphatic rings. The second-order valence-corrected chi connectivity index (χ2v) is 8.90. The minimum atomic E-state index is -3.82. The van der Waals surface area contributed by atoms with Crippen LogP contribution in [-0.4, -0.2) is 34.6 Å². The Morgan fingerprint density at radius 3 is 1.30 bits per heavy atom. The maximum atomic E-state index is 10.9. The van der Waals surface area contributed by atoms with Crippen molar-refractivity contribution in [2.24, 2.45) is 0 Å². The Hall–Kier alpha value is 0.507. The van der Waals surface area contributed by atoms with Gasteiger partial charge in [0.05, 0.1) is 0 Å². The van der Waals surface area contributed by atoms with Crippen molar-refractivity contribution in [3.05, 3.63) is 0 Å². The Labute approximate surface area is 154 Å². The molecule has 0 bridgehead atoms. The molecule has 0 aliphatic carbocycles. The van der Waals surface area contributed by atoms with Crippen LogP contribution in [0.4, 0.5) is 0 Å². The van der Waals surface area contributed by atoms with Crippen LogP contribution >= 0.6 is 0 Å². The molecular weight excluding hydrogens is 303 g/mol. The van der Waals surface area contributed by atoms with Crippen molar-refractivity contribution >= 4 is 27.8 Å². The first kappa shape index (κ1) is 23.5. The molecule has 0 fully saturated rings. The molecule has 0 saturated heterocycles. The molecule has 134 valence electrons. The van der Waals surface area contributed by atoms with Gasteiger partial charge in [-0.15, -0.1) is 0 Å². The van der Waals surface area contributed by atoms with Crippen LogP contribution in [0.5, 0.6) is 0 Å². The Morgan fingerprint density at radius 1 is 0.696 bits per heavy atom. The van der Waals surface area contributed by atoms with Crippen LogP contribution in [0.1, 0.15) is 110 Å². The van der Waals surface area contributed by atoms with E-state index in [4.69, 9.17) is 4.55 Å². The molecule has 0 aromatic rings. The fraction of sp³-hybridized carbons (Fsp3) is 1.00. The van der Waals surface area contributed by atoms with Crippen molar-refractivity contribution in [1.82, 2.24) is 0 Å². The minimum absolute atomic E-state index is 0.580. The summed E-state index contributed by atoms with van der Waals surface area (Å²) in [5.74, 6) is 0. The van der Waals surface area contributed by atoms with E-state index in [1.54, 1.807) is 17.7 Å². The summed E-state index contributed by atoms with van der Waals surface area (Å²) in [4.78, 5) is 0. The summed E-state index contributed by atoms with van der Waals surface area (Å²) < 4.78 is 30.0. The van der Waals surface area contributed by atoms with Crippen molar-refractivity contribution in [2.45, 2.75) is 114 Å². The van der Waals surface area contributed by atoms with Gasteiger partial charge in [0, 0.05) is 0 Å². The van der Waals surface area contributed by atoms with Crippen LogP contribution in [-0.2, 0) is 10.1 Å². The topological polar surface area (TPSA) is 54.4 Å². The van der Waals surface area contributed by atoms with Gasteiger partial charge in [0.2, 0.25) is 0 Å². The second-order valence-electron chi connectivity index (χ2n) is 7.06. The van der Waals surface area contributed by atoms with Crippen LogP contribution < -0.4 is 0 Å². The molecule has 0 saturated carbocycles. The summed E-state index contributed by atoms with van der Waals surface area (Å²) in [5.41, 5.74) is 0. The second kappa shape index (κ2) is 16.0. The molecule has 0 heterocycles. The van der Waals surface area contributed by atoms with Crippen molar-refractivity contribution in [1.29, 1.82) is 0 Å². The third kappa shape index (κ3) is 17.1. The molecule has 3 nitrogen and oxygen atoms in total. The molecule has 0 radical (unpaired) electrons. The van der Waals surface area contributed by atoms with Gasteiger partial charge in [0.1, 0.15) is 0 Å². The predicted molar refractivity (Wildman–Crippen MR) is 101 cm³/mol. The molecule has 5 heteroatoms. The molecule has 0 rings (SSSR count). The van der Waals surface area contributed by atoms with Crippen molar-refractivity contribution in [3.63, 3.8) is 0 Å². The van der Waals surface area contributed by atoms with E-state index in [-0.39, 0.29) is 0 Å². The average molecular weight is 340 g/mol. The molecule has 0 spiro atoms. The van der Waals surface area contributed by atoms with E-state index >= 15 is 0 Å². The van der Waals surface area contributed by atoms with Crippen molar-refractivity contribution < 1.29 is 13.0 Å². The van der Waals surface area contributed by atoms with Crippen molar-refractivity contribution in [2.75, 3.05) is 0 Å². The number of unbranched alkanes of at least 4 members (excludes halogenated alkanes) is 14. The summed E-state index contributed by atoms with van der Waals surface area (Å²) in [6, 6.07) is 0. The maximum absolute atomic E-state index is 10.9. The predicted octanol–water partition coefficient (Wildman–Crippen LogP) is 5.63. The monoisotopic (exact) mass is 340 g/mol. The van der Waals surface area contributed by atoms with E-state index in [1.807, 2.05) is 0 Å².